The predicted molar refractivity (Wildman–Crippen MR) is 57.5 cm³/mol. The van der Waals surface area contributed by atoms with E-state index >= 15 is 0 Å². The predicted octanol–water partition coefficient (Wildman–Crippen LogP) is 4.16. The fourth-order valence-corrected chi connectivity index (χ4v) is 1.72. The Bertz CT molecular complexity index is 442. The standard InChI is InChI=1S/C13H12F2/c1-9-6-7-11(13(15)8-9)10-4-2-3-5-12(10)14/h4-8H,2-3H2,1H3. The molecule has 0 nitrogen and oxygen atoms in total. The minimum atomic E-state index is -0.355. The molecule has 0 saturated carbocycles. The number of hydrogen-bond acceptors (Lipinski definition) is 0. The molecule has 0 bridgehead atoms. The van der Waals surface area contributed by atoms with Crippen LogP contribution in [0.25, 0.3) is 5.57 Å². The quantitative estimate of drug-likeness (QED) is 0.647. The number of rotatable bonds is 1. The molecule has 0 spiro atoms. The Morgan fingerprint density at radius 2 is 1.80 bits per heavy atom. The summed E-state index contributed by atoms with van der Waals surface area (Å²) >= 11 is 0. The third-order valence-electron chi connectivity index (χ3n) is 2.51. The first-order valence-corrected chi connectivity index (χ1v) is 5.01. The van der Waals surface area contributed by atoms with Gasteiger partial charge in [-0.15, -0.1) is 0 Å². The van der Waals surface area contributed by atoms with Crippen LogP contribution in [-0.2, 0) is 0 Å². The van der Waals surface area contributed by atoms with Gasteiger partial charge < -0.3 is 0 Å². The molecule has 0 aromatic heterocycles. The van der Waals surface area contributed by atoms with E-state index in [1.165, 1.54) is 12.1 Å². The first kappa shape index (κ1) is 10.1. The summed E-state index contributed by atoms with van der Waals surface area (Å²) in [5, 5.41) is 0. The van der Waals surface area contributed by atoms with E-state index in [0.717, 1.165) is 12.0 Å². The molecule has 1 aliphatic rings. The Balaban J connectivity index is 2.46. The maximum Gasteiger partial charge on any atom is 0.131 e. The van der Waals surface area contributed by atoms with Crippen LogP contribution in [0.15, 0.2) is 36.2 Å². The van der Waals surface area contributed by atoms with Crippen molar-refractivity contribution in [2.45, 2.75) is 19.8 Å². The Hall–Kier alpha value is -1.44. The zero-order chi connectivity index (χ0) is 10.8. The van der Waals surface area contributed by atoms with Crippen LogP contribution < -0.4 is 0 Å². The van der Waals surface area contributed by atoms with Crippen molar-refractivity contribution in [2.24, 2.45) is 0 Å². The average molecular weight is 206 g/mol. The topological polar surface area (TPSA) is 0 Å². The van der Waals surface area contributed by atoms with Crippen molar-refractivity contribution >= 4 is 5.57 Å². The van der Waals surface area contributed by atoms with Gasteiger partial charge in [-0.2, -0.15) is 0 Å². The van der Waals surface area contributed by atoms with Gasteiger partial charge in [0.25, 0.3) is 0 Å². The fourth-order valence-electron chi connectivity index (χ4n) is 1.72. The van der Waals surface area contributed by atoms with Crippen LogP contribution in [0.4, 0.5) is 8.78 Å². The van der Waals surface area contributed by atoms with Crippen molar-refractivity contribution in [3.05, 3.63) is 53.1 Å². The van der Waals surface area contributed by atoms with Gasteiger partial charge in [0, 0.05) is 11.1 Å². The van der Waals surface area contributed by atoms with Gasteiger partial charge in [0.05, 0.1) is 0 Å². The highest BCUT2D eigenvalue weighted by Crippen LogP contribution is 2.30. The largest absolute Gasteiger partial charge is 0.207 e. The van der Waals surface area contributed by atoms with E-state index in [2.05, 4.69) is 0 Å². The molecule has 1 aromatic rings. The molecule has 0 aliphatic heterocycles. The molecule has 1 aliphatic carbocycles. The molecular formula is C13H12F2. The molecule has 15 heavy (non-hydrogen) atoms. The summed E-state index contributed by atoms with van der Waals surface area (Å²) < 4.78 is 27.0. The van der Waals surface area contributed by atoms with Gasteiger partial charge in [-0.05, 0) is 37.5 Å². The highest BCUT2D eigenvalue weighted by Gasteiger charge is 2.14. The van der Waals surface area contributed by atoms with Crippen molar-refractivity contribution in [3.63, 3.8) is 0 Å². The molecule has 0 unspecified atom stereocenters. The average Bonchev–Trinajstić information content (AvgIpc) is 2.20. The van der Waals surface area contributed by atoms with Gasteiger partial charge in [-0.1, -0.05) is 18.2 Å². The smallest absolute Gasteiger partial charge is 0.131 e. The Morgan fingerprint density at radius 3 is 2.47 bits per heavy atom. The monoisotopic (exact) mass is 206 g/mol. The van der Waals surface area contributed by atoms with Gasteiger partial charge in [0.1, 0.15) is 11.6 Å². The van der Waals surface area contributed by atoms with E-state index < -0.39 is 0 Å². The lowest BCUT2D eigenvalue weighted by Crippen LogP contribution is -1.95. The van der Waals surface area contributed by atoms with Crippen molar-refractivity contribution in [1.82, 2.24) is 0 Å². The molecule has 0 atom stereocenters. The van der Waals surface area contributed by atoms with Crippen molar-refractivity contribution < 1.29 is 8.78 Å². The summed E-state index contributed by atoms with van der Waals surface area (Å²) in [5.74, 6) is -0.671. The number of halogens is 2. The summed E-state index contributed by atoms with van der Waals surface area (Å²) in [7, 11) is 0. The minimum Gasteiger partial charge on any atom is -0.207 e. The molecule has 2 rings (SSSR count). The molecule has 2 heteroatoms. The van der Waals surface area contributed by atoms with Crippen LogP contribution in [0.1, 0.15) is 24.0 Å². The van der Waals surface area contributed by atoms with Crippen LogP contribution in [0, 0.1) is 12.7 Å². The maximum atomic E-state index is 13.6. The first-order valence-electron chi connectivity index (χ1n) is 5.01. The zero-order valence-electron chi connectivity index (χ0n) is 8.56. The van der Waals surface area contributed by atoms with Gasteiger partial charge in [0.2, 0.25) is 0 Å². The molecular weight excluding hydrogens is 194 g/mol. The Morgan fingerprint density at radius 1 is 1.07 bits per heavy atom. The SMILES string of the molecule is Cc1ccc(C2=CCCC=C2F)c(F)c1. The van der Waals surface area contributed by atoms with Crippen LogP contribution in [0.5, 0.6) is 0 Å². The lowest BCUT2D eigenvalue weighted by atomic mass is 9.97. The van der Waals surface area contributed by atoms with Crippen LogP contribution >= 0.6 is 0 Å². The van der Waals surface area contributed by atoms with Crippen LogP contribution in [-0.4, -0.2) is 0 Å². The number of allylic oxidation sites excluding steroid dienone is 4. The summed E-state index contributed by atoms with van der Waals surface area (Å²) in [6.45, 7) is 1.81. The number of hydrogen-bond donors (Lipinski definition) is 0. The second-order valence-electron chi connectivity index (χ2n) is 3.73. The van der Waals surface area contributed by atoms with Crippen LogP contribution in [0.2, 0.25) is 0 Å². The normalized spacial score (nSPS) is 15.9. The molecule has 0 saturated heterocycles. The summed E-state index contributed by atoms with van der Waals surface area (Å²) in [6, 6.07) is 4.86. The second kappa shape index (κ2) is 3.97. The van der Waals surface area contributed by atoms with E-state index in [1.54, 1.807) is 18.2 Å². The fraction of sp³-hybridized carbons (Fsp3) is 0.231. The van der Waals surface area contributed by atoms with Gasteiger partial charge >= 0.3 is 0 Å². The highest BCUT2D eigenvalue weighted by molar-refractivity contribution is 5.78. The Labute approximate surface area is 87.9 Å². The van der Waals surface area contributed by atoms with E-state index in [4.69, 9.17) is 0 Å². The molecule has 1 aromatic carbocycles. The molecule has 0 amide bonds. The lowest BCUT2D eigenvalue weighted by molar-refractivity contribution is 0.616. The maximum absolute atomic E-state index is 13.6. The van der Waals surface area contributed by atoms with E-state index in [9.17, 15) is 8.78 Å². The van der Waals surface area contributed by atoms with E-state index in [-0.39, 0.29) is 11.6 Å². The third-order valence-corrected chi connectivity index (χ3v) is 2.51. The van der Waals surface area contributed by atoms with E-state index in [1.807, 2.05) is 6.92 Å². The van der Waals surface area contributed by atoms with Gasteiger partial charge in [-0.3, -0.25) is 0 Å². The van der Waals surface area contributed by atoms with Gasteiger partial charge in [-0.25, -0.2) is 8.78 Å². The van der Waals surface area contributed by atoms with Gasteiger partial charge in [0.15, 0.2) is 0 Å². The third kappa shape index (κ3) is 1.99. The second-order valence-corrected chi connectivity index (χ2v) is 3.73. The minimum absolute atomic E-state index is 0.316. The van der Waals surface area contributed by atoms with Crippen molar-refractivity contribution in [3.8, 4) is 0 Å². The molecule has 0 heterocycles. The summed E-state index contributed by atoms with van der Waals surface area (Å²) in [6.07, 6.45) is 4.73. The van der Waals surface area contributed by atoms with Crippen molar-refractivity contribution in [1.29, 1.82) is 0 Å². The molecule has 0 fully saturated rings. The van der Waals surface area contributed by atoms with Crippen molar-refractivity contribution in [2.75, 3.05) is 0 Å². The molecule has 0 N–H and O–H groups in total. The summed E-state index contributed by atoms with van der Waals surface area (Å²) in [5.41, 5.74) is 1.59. The number of benzene rings is 1. The summed E-state index contributed by atoms with van der Waals surface area (Å²) in [4.78, 5) is 0. The zero-order valence-corrected chi connectivity index (χ0v) is 8.56. The van der Waals surface area contributed by atoms with Crippen LogP contribution in [0.3, 0.4) is 0 Å². The Kier molecular flexibility index (Phi) is 2.67. The lowest BCUT2D eigenvalue weighted by Gasteiger charge is -2.11. The van der Waals surface area contributed by atoms with E-state index in [0.29, 0.717) is 17.6 Å². The highest BCUT2D eigenvalue weighted by atomic mass is 19.1. The number of aryl methyl sites for hydroxylation is 1. The first-order chi connectivity index (χ1) is 7.18. The molecule has 0 radical (unpaired) electrons. The molecule has 78 valence electrons.